The molecule has 0 aliphatic rings. The molecule has 88 valence electrons. The summed E-state index contributed by atoms with van der Waals surface area (Å²) in [6, 6.07) is 5.01. The molecule has 0 aliphatic carbocycles. The fourth-order valence-corrected chi connectivity index (χ4v) is 2.91. The number of primary sulfonamides is 1. The van der Waals surface area contributed by atoms with Gasteiger partial charge in [-0.15, -0.1) is 17.8 Å². The molecule has 0 aliphatic heterocycles. The van der Waals surface area contributed by atoms with E-state index in [0.29, 0.717) is 16.0 Å². The van der Waals surface area contributed by atoms with E-state index in [9.17, 15) is 8.42 Å². The highest BCUT2D eigenvalue weighted by Crippen LogP contribution is 2.28. The van der Waals surface area contributed by atoms with E-state index in [0.717, 1.165) is 11.3 Å². The molecule has 0 bridgehead atoms. The topological polar surface area (TPSA) is 82.3 Å². The average Bonchev–Trinajstić information content (AvgIpc) is 2.68. The first-order chi connectivity index (χ1) is 8.00. The fraction of sp³-hybridized carbons (Fsp3) is 0.100. The lowest BCUT2D eigenvalue weighted by Gasteiger charge is -2.00. The van der Waals surface area contributed by atoms with Gasteiger partial charge < -0.3 is 4.74 Å². The van der Waals surface area contributed by atoms with Crippen LogP contribution in [0.25, 0.3) is 10.2 Å². The first kappa shape index (κ1) is 11.9. The van der Waals surface area contributed by atoms with Crippen LogP contribution in [0.5, 0.6) is 5.75 Å². The van der Waals surface area contributed by atoms with Crippen molar-refractivity contribution in [1.29, 1.82) is 0 Å². The second-order valence-electron chi connectivity index (χ2n) is 3.15. The minimum absolute atomic E-state index is 0.110. The molecule has 1 aromatic carbocycles. The van der Waals surface area contributed by atoms with E-state index >= 15 is 0 Å². The van der Waals surface area contributed by atoms with Crippen LogP contribution in [0.1, 0.15) is 0 Å². The van der Waals surface area contributed by atoms with Crippen molar-refractivity contribution >= 4 is 31.6 Å². The number of terminal acetylenes is 1. The molecule has 0 radical (unpaired) electrons. The van der Waals surface area contributed by atoms with Gasteiger partial charge in [0.15, 0.2) is 0 Å². The summed E-state index contributed by atoms with van der Waals surface area (Å²) in [4.78, 5) is 3.92. The van der Waals surface area contributed by atoms with Gasteiger partial charge in [0.05, 0.1) is 10.2 Å². The lowest BCUT2D eigenvalue weighted by Crippen LogP contribution is -2.11. The normalized spacial score (nSPS) is 11.3. The third-order valence-corrected chi connectivity index (χ3v) is 4.24. The third kappa shape index (κ3) is 2.55. The second-order valence-corrected chi connectivity index (χ2v) is 5.91. The molecule has 1 aromatic heterocycles. The van der Waals surface area contributed by atoms with Gasteiger partial charge in [-0.1, -0.05) is 5.92 Å². The summed E-state index contributed by atoms with van der Waals surface area (Å²) in [7, 11) is -3.76. The van der Waals surface area contributed by atoms with Crippen LogP contribution in [0.2, 0.25) is 0 Å². The Balaban J connectivity index is 2.45. The minimum Gasteiger partial charge on any atom is -0.481 e. The lowest BCUT2D eigenvalue weighted by atomic mass is 10.3. The molecular weight excluding hydrogens is 260 g/mol. The summed E-state index contributed by atoms with van der Waals surface area (Å²) < 4.78 is 28.0. The minimum atomic E-state index is -3.76. The Bertz CT molecular complexity index is 698. The highest BCUT2D eigenvalue weighted by atomic mass is 32.2. The van der Waals surface area contributed by atoms with Crippen LogP contribution in [-0.4, -0.2) is 20.0 Å². The fourth-order valence-electron chi connectivity index (χ4n) is 1.22. The van der Waals surface area contributed by atoms with Gasteiger partial charge in [-0.3, -0.25) is 0 Å². The zero-order chi connectivity index (χ0) is 12.5. The maximum atomic E-state index is 11.1. The standard InChI is InChI=1S/C10H8N2O3S2/c1-2-5-15-7-3-4-8-9(6-7)16-10(12-8)17(11,13)14/h1,3-4,6H,5H2,(H2,11,13,14). The van der Waals surface area contributed by atoms with Gasteiger partial charge in [-0.05, 0) is 18.2 Å². The van der Waals surface area contributed by atoms with Gasteiger partial charge in [0.1, 0.15) is 12.4 Å². The molecule has 0 amide bonds. The number of nitrogens with zero attached hydrogens (tertiary/aromatic N) is 1. The van der Waals surface area contributed by atoms with E-state index in [2.05, 4.69) is 10.9 Å². The van der Waals surface area contributed by atoms with Crippen LogP contribution < -0.4 is 9.88 Å². The van der Waals surface area contributed by atoms with Crippen molar-refractivity contribution in [3.05, 3.63) is 18.2 Å². The monoisotopic (exact) mass is 268 g/mol. The first-order valence-electron chi connectivity index (χ1n) is 4.50. The van der Waals surface area contributed by atoms with E-state index in [4.69, 9.17) is 16.3 Å². The highest BCUT2D eigenvalue weighted by Gasteiger charge is 2.14. The Morgan fingerprint density at radius 2 is 2.29 bits per heavy atom. The Morgan fingerprint density at radius 1 is 1.53 bits per heavy atom. The van der Waals surface area contributed by atoms with Crippen molar-refractivity contribution in [2.45, 2.75) is 4.34 Å². The molecule has 2 aromatic rings. The van der Waals surface area contributed by atoms with Crippen LogP contribution in [0.4, 0.5) is 0 Å². The molecule has 2 N–H and O–H groups in total. The zero-order valence-corrected chi connectivity index (χ0v) is 10.2. The maximum absolute atomic E-state index is 11.1. The van der Waals surface area contributed by atoms with Gasteiger partial charge >= 0.3 is 0 Å². The van der Waals surface area contributed by atoms with Crippen LogP contribution >= 0.6 is 11.3 Å². The molecule has 17 heavy (non-hydrogen) atoms. The zero-order valence-electron chi connectivity index (χ0n) is 8.58. The van der Waals surface area contributed by atoms with Crippen molar-refractivity contribution in [3.63, 3.8) is 0 Å². The smallest absolute Gasteiger partial charge is 0.265 e. The molecule has 0 atom stereocenters. The van der Waals surface area contributed by atoms with Crippen LogP contribution in [0, 0.1) is 12.3 Å². The molecule has 0 fully saturated rings. The van der Waals surface area contributed by atoms with Crippen LogP contribution in [0.15, 0.2) is 22.5 Å². The number of thiazole rings is 1. The molecular formula is C10H8N2O3S2. The summed E-state index contributed by atoms with van der Waals surface area (Å²) in [6.07, 6.45) is 5.07. The van der Waals surface area contributed by atoms with E-state index in [1.807, 2.05) is 0 Å². The molecule has 0 saturated carbocycles. The SMILES string of the molecule is C#CCOc1ccc2nc(S(N)(=O)=O)sc2c1. The first-order valence-corrected chi connectivity index (χ1v) is 6.86. The summed E-state index contributed by atoms with van der Waals surface area (Å²) in [6.45, 7) is 0.159. The van der Waals surface area contributed by atoms with Gasteiger partial charge in [-0.25, -0.2) is 18.5 Å². The maximum Gasteiger partial charge on any atom is 0.265 e. The highest BCUT2D eigenvalue weighted by molar-refractivity contribution is 7.91. The number of ether oxygens (including phenoxy) is 1. The van der Waals surface area contributed by atoms with E-state index in [-0.39, 0.29) is 10.9 Å². The molecule has 7 heteroatoms. The van der Waals surface area contributed by atoms with Gasteiger partial charge in [0, 0.05) is 0 Å². The number of benzene rings is 1. The second kappa shape index (κ2) is 4.33. The summed E-state index contributed by atoms with van der Waals surface area (Å²) in [5.41, 5.74) is 0.562. The van der Waals surface area contributed by atoms with Crippen molar-refractivity contribution in [2.75, 3.05) is 6.61 Å². The largest absolute Gasteiger partial charge is 0.481 e. The number of nitrogens with two attached hydrogens (primary N) is 1. The average molecular weight is 268 g/mol. The molecule has 0 unspecified atom stereocenters. The number of aromatic nitrogens is 1. The van der Waals surface area contributed by atoms with Crippen molar-refractivity contribution < 1.29 is 13.2 Å². The van der Waals surface area contributed by atoms with Gasteiger partial charge in [-0.2, -0.15) is 0 Å². The summed E-state index contributed by atoms with van der Waals surface area (Å²) in [5.74, 6) is 2.91. The predicted octanol–water partition coefficient (Wildman–Crippen LogP) is 0.956. The van der Waals surface area contributed by atoms with E-state index in [1.165, 1.54) is 0 Å². The quantitative estimate of drug-likeness (QED) is 0.840. The molecule has 2 rings (SSSR count). The summed E-state index contributed by atoms with van der Waals surface area (Å²) in [5, 5.41) is 5.00. The Morgan fingerprint density at radius 3 is 2.94 bits per heavy atom. The number of fused-ring (bicyclic) bond motifs is 1. The van der Waals surface area contributed by atoms with E-state index in [1.54, 1.807) is 18.2 Å². The summed E-state index contributed by atoms with van der Waals surface area (Å²) >= 11 is 0.996. The number of hydrogen-bond acceptors (Lipinski definition) is 5. The van der Waals surface area contributed by atoms with Crippen molar-refractivity contribution in [2.24, 2.45) is 5.14 Å². The van der Waals surface area contributed by atoms with E-state index < -0.39 is 10.0 Å². The Hall–Kier alpha value is -1.62. The van der Waals surface area contributed by atoms with Crippen LogP contribution in [0.3, 0.4) is 0 Å². The van der Waals surface area contributed by atoms with Crippen molar-refractivity contribution in [1.82, 2.24) is 4.98 Å². The van der Waals surface area contributed by atoms with Crippen molar-refractivity contribution in [3.8, 4) is 18.1 Å². The van der Waals surface area contributed by atoms with Gasteiger partial charge in [0.25, 0.3) is 10.0 Å². The molecule has 5 nitrogen and oxygen atoms in total. The number of sulfonamides is 1. The molecule has 0 spiro atoms. The molecule has 0 saturated heterocycles. The third-order valence-electron chi connectivity index (χ3n) is 1.91. The Kier molecular flexibility index (Phi) is 3.02. The number of hydrogen-bond donors (Lipinski definition) is 1. The molecule has 1 heterocycles. The Labute approximate surface area is 102 Å². The number of rotatable bonds is 3. The van der Waals surface area contributed by atoms with Crippen LogP contribution in [-0.2, 0) is 10.0 Å². The predicted molar refractivity (Wildman–Crippen MR) is 65.3 cm³/mol. The lowest BCUT2D eigenvalue weighted by molar-refractivity contribution is 0.371. The van der Waals surface area contributed by atoms with Gasteiger partial charge in [0.2, 0.25) is 4.34 Å².